The van der Waals surface area contributed by atoms with Crippen molar-refractivity contribution in [1.82, 2.24) is 0 Å². The first kappa shape index (κ1) is 34.5. The van der Waals surface area contributed by atoms with E-state index in [-0.39, 0.29) is 16.2 Å². The summed E-state index contributed by atoms with van der Waals surface area (Å²) in [5.41, 5.74) is 24.3. The van der Waals surface area contributed by atoms with E-state index in [1.165, 1.54) is 122 Å². The van der Waals surface area contributed by atoms with Crippen molar-refractivity contribution < 1.29 is 0 Å². The van der Waals surface area contributed by atoms with Gasteiger partial charge in [-0.15, -0.1) is 0 Å². The number of hydrogen-bond donors (Lipinski definition) is 0. The summed E-state index contributed by atoms with van der Waals surface area (Å²) in [5, 5.41) is 5.16. The van der Waals surface area contributed by atoms with E-state index in [0.29, 0.717) is 0 Å². The molecule has 0 nitrogen and oxygen atoms in total. The van der Waals surface area contributed by atoms with Gasteiger partial charge in [-0.3, -0.25) is 0 Å². The van der Waals surface area contributed by atoms with Crippen LogP contribution >= 0.6 is 0 Å². The molecule has 59 heavy (non-hydrogen) atoms. The molecule has 0 saturated heterocycles. The highest BCUT2D eigenvalue weighted by atomic mass is 14.5. The third-order valence-corrected chi connectivity index (χ3v) is 14.6. The first-order valence-corrected chi connectivity index (χ1v) is 21.3. The van der Waals surface area contributed by atoms with E-state index >= 15 is 0 Å². The SMILES string of the molecule is CC1(C)c2ccc(-c3cc4c(c5c3-c3ccccc3C5(C)C)C(C)(C)c3ccccc3-4)cc2-c2ccc(-c3c4ccccc4c(-c4ccccc4)c4ccccc34)cc21. The molecule has 9 aromatic carbocycles. The number of rotatable bonds is 3. The highest BCUT2D eigenvalue weighted by molar-refractivity contribution is 6.21. The minimum Gasteiger partial charge on any atom is -0.0622 e. The van der Waals surface area contributed by atoms with Gasteiger partial charge < -0.3 is 0 Å². The molecular weight excluding hydrogens is 709 g/mol. The van der Waals surface area contributed by atoms with E-state index in [0.717, 1.165) is 0 Å². The van der Waals surface area contributed by atoms with E-state index in [2.05, 4.69) is 211 Å². The molecule has 0 heterocycles. The van der Waals surface area contributed by atoms with Crippen LogP contribution in [0.15, 0.2) is 170 Å². The maximum absolute atomic E-state index is 2.54. The molecule has 0 spiro atoms. The van der Waals surface area contributed by atoms with Gasteiger partial charge in [0, 0.05) is 16.2 Å². The number of fused-ring (bicyclic) bond motifs is 12. The Balaban J connectivity index is 1.07. The molecule has 0 aliphatic heterocycles. The maximum atomic E-state index is 2.54. The summed E-state index contributed by atoms with van der Waals surface area (Å²) in [6.45, 7) is 14.6. The Morgan fingerprint density at radius 3 is 1.41 bits per heavy atom. The molecule has 0 saturated carbocycles. The van der Waals surface area contributed by atoms with Crippen LogP contribution in [0, 0.1) is 0 Å². The smallest absolute Gasteiger partial charge is 0.0162 e. The zero-order valence-corrected chi connectivity index (χ0v) is 34.7. The topological polar surface area (TPSA) is 0 Å². The average Bonchev–Trinajstić information content (AvgIpc) is 3.74. The average molecular weight is 755 g/mol. The minimum atomic E-state index is -0.160. The van der Waals surface area contributed by atoms with Crippen LogP contribution in [-0.4, -0.2) is 0 Å². The van der Waals surface area contributed by atoms with Gasteiger partial charge in [-0.1, -0.05) is 193 Å². The van der Waals surface area contributed by atoms with Crippen molar-refractivity contribution in [1.29, 1.82) is 0 Å². The Bertz CT molecular complexity index is 3220. The zero-order valence-electron chi connectivity index (χ0n) is 34.7. The predicted molar refractivity (Wildman–Crippen MR) is 250 cm³/mol. The molecule has 0 unspecified atom stereocenters. The van der Waals surface area contributed by atoms with Crippen molar-refractivity contribution >= 4 is 21.5 Å². The lowest BCUT2D eigenvalue weighted by molar-refractivity contribution is 0.601. The van der Waals surface area contributed by atoms with Gasteiger partial charge in [0.25, 0.3) is 0 Å². The summed E-state index contributed by atoms with van der Waals surface area (Å²) in [7, 11) is 0. The van der Waals surface area contributed by atoms with Gasteiger partial charge in [-0.05, 0) is 140 Å². The summed E-state index contributed by atoms with van der Waals surface area (Å²) in [5.74, 6) is 0. The molecule has 0 heteroatoms. The Labute approximate surface area is 347 Å². The van der Waals surface area contributed by atoms with Gasteiger partial charge in [0.05, 0.1) is 0 Å². The van der Waals surface area contributed by atoms with Crippen LogP contribution in [0.2, 0.25) is 0 Å². The second kappa shape index (κ2) is 11.8. The predicted octanol–water partition coefficient (Wildman–Crippen LogP) is 15.9. The van der Waals surface area contributed by atoms with E-state index < -0.39 is 0 Å². The number of benzene rings is 9. The molecular formula is C59H46. The molecule has 12 rings (SSSR count). The van der Waals surface area contributed by atoms with E-state index in [4.69, 9.17) is 0 Å². The normalized spacial score (nSPS) is 15.7. The Morgan fingerprint density at radius 2 is 0.746 bits per heavy atom. The van der Waals surface area contributed by atoms with Gasteiger partial charge in [0.2, 0.25) is 0 Å². The van der Waals surface area contributed by atoms with Crippen LogP contribution in [-0.2, 0) is 16.2 Å². The van der Waals surface area contributed by atoms with Crippen LogP contribution in [0.1, 0.15) is 74.9 Å². The largest absolute Gasteiger partial charge is 0.0622 e. The monoisotopic (exact) mass is 754 g/mol. The fourth-order valence-electron chi connectivity index (χ4n) is 11.9. The first-order chi connectivity index (χ1) is 28.6. The lowest BCUT2D eigenvalue weighted by Gasteiger charge is -2.31. The molecule has 3 aliphatic rings. The molecule has 282 valence electrons. The Kier molecular flexibility index (Phi) is 6.91. The van der Waals surface area contributed by atoms with Gasteiger partial charge in [-0.25, -0.2) is 0 Å². The Hall–Kier alpha value is -6.50. The van der Waals surface area contributed by atoms with Crippen LogP contribution in [0.25, 0.3) is 88.3 Å². The standard InChI is InChI=1S/C59H46/c1-57(2)50-31-29-36(45-34-47-38-20-14-16-26-48(38)58(3,4)55(47)56-54(45)44-25-15-17-27-49(44)59(56,5)6)32-46(50)39-30-28-37(33-51(39)57)53-42-23-12-10-21-40(42)52(35-18-8-7-9-19-35)41-22-11-13-24-43(41)53/h7-34H,1-6H3. The summed E-state index contributed by atoms with van der Waals surface area (Å²) < 4.78 is 0. The molecule has 0 aromatic heterocycles. The third kappa shape index (κ3) is 4.50. The second-order valence-electron chi connectivity index (χ2n) is 18.8. The molecule has 0 fully saturated rings. The van der Waals surface area contributed by atoms with Crippen molar-refractivity contribution in [3.63, 3.8) is 0 Å². The lowest BCUT2D eigenvalue weighted by Crippen LogP contribution is -2.24. The Morgan fingerprint density at radius 1 is 0.254 bits per heavy atom. The van der Waals surface area contributed by atoms with Gasteiger partial charge in [-0.2, -0.15) is 0 Å². The molecule has 3 aliphatic carbocycles. The second-order valence-corrected chi connectivity index (χ2v) is 18.8. The highest BCUT2D eigenvalue weighted by Gasteiger charge is 2.47. The maximum Gasteiger partial charge on any atom is 0.0162 e. The highest BCUT2D eigenvalue weighted by Crippen LogP contribution is 2.62. The summed E-state index contributed by atoms with van der Waals surface area (Å²) >= 11 is 0. The third-order valence-electron chi connectivity index (χ3n) is 14.6. The molecule has 0 radical (unpaired) electrons. The molecule has 9 aromatic rings. The molecule has 0 amide bonds. The van der Waals surface area contributed by atoms with E-state index in [1.54, 1.807) is 0 Å². The lowest BCUT2D eigenvalue weighted by atomic mass is 9.71. The summed E-state index contributed by atoms with van der Waals surface area (Å²) in [4.78, 5) is 0. The van der Waals surface area contributed by atoms with Gasteiger partial charge >= 0.3 is 0 Å². The molecule has 0 N–H and O–H groups in total. The summed E-state index contributed by atoms with van der Waals surface area (Å²) in [6.07, 6.45) is 0. The molecule has 0 atom stereocenters. The van der Waals surface area contributed by atoms with Crippen molar-refractivity contribution in [2.24, 2.45) is 0 Å². The zero-order chi connectivity index (χ0) is 40.0. The van der Waals surface area contributed by atoms with Crippen molar-refractivity contribution in [2.45, 2.75) is 57.8 Å². The van der Waals surface area contributed by atoms with Crippen LogP contribution in [0.5, 0.6) is 0 Å². The summed E-state index contributed by atoms with van der Waals surface area (Å²) in [6, 6.07) is 64.4. The van der Waals surface area contributed by atoms with E-state index in [9.17, 15) is 0 Å². The molecule has 0 bridgehead atoms. The van der Waals surface area contributed by atoms with Crippen molar-refractivity contribution in [3.05, 3.63) is 203 Å². The fourth-order valence-corrected chi connectivity index (χ4v) is 11.9. The fraction of sp³-hybridized carbons (Fsp3) is 0.153. The quantitative estimate of drug-likeness (QED) is 0.158. The van der Waals surface area contributed by atoms with Crippen LogP contribution in [0.3, 0.4) is 0 Å². The minimum absolute atomic E-state index is 0.0923. The van der Waals surface area contributed by atoms with Gasteiger partial charge in [0.15, 0.2) is 0 Å². The van der Waals surface area contributed by atoms with Crippen LogP contribution < -0.4 is 0 Å². The number of hydrogen-bond acceptors (Lipinski definition) is 0. The van der Waals surface area contributed by atoms with E-state index in [1.807, 2.05) is 0 Å². The van der Waals surface area contributed by atoms with Crippen molar-refractivity contribution in [2.75, 3.05) is 0 Å². The first-order valence-electron chi connectivity index (χ1n) is 21.3. The van der Waals surface area contributed by atoms with Gasteiger partial charge in [0.1, 0.15) is 0 Å². The van der Waals surface area contributed by atoms with Crippen molar-refractivity contribution in [3.8, 4) is 66.8 Å². The van der Waals surface area contributed by atoms with Crippen LogP contribution in [0.4, 0.5) is 0 Å².